The smallest absolute Gasteiger partial charge is 0.317 e. The Labute approximate surface area is 178 Å². The van der Waals surface area contributed by atoms with Gasteiger partial charge in [-0.15, -0.1) is 0 Å². The van der Waals surface area contributed by atoms with Crippen molar-refractivity contribution in [3.63, 3.8) is 0 Å². The molecule has 2 heterocycles. The molecule has 0 saturated carbocycles. The molecule has 10 heteroatoms. The van der Waals surface area contributed by atoms with E-state index in [0.717, 1.165) is 12.8 Å². The van der Waals surface area contributed by atoms with Gasteiger partial charge in [0.25, 0.3) is 5.88 Å². The average Bonchev–Trinajstić information content (AvgIpc) is 3.05. The number of benzene rings is 1. The van der Waals surface area contributed by atoms with Crippen molar-refractivity contribution in [1.82, 2.24) is 14.7 Å². The maximum Gasteiger partial charge on any atom is 0.317 e. The number of halogens is 1. The Morgan fingerprint density at radius 1 is 1.27 bits per heavy atom. The Hall–Kier alpha value is -3.07. The number of rotatable bonds is 9. The van der Waals surface area contributed by atoms with Gasteiger partial charge < -0.3 is 19.6 Å². The van der Waals surface area contributed by atoms with Crippen LogP contribution in [0, 0.1) is 5.41 Å². The summed E-state index contributed by atoms with van der Waals surface area (Å²) in [5.74, 6) is 0.761. The Bertz CT molecular complexity index is 1120. The summed E-state index contributed by atoms with van der Waals surface area (Å²) >= 11 is 6.12. The Morgan fingerprint density at radius 3 is 2.63 bits per heavy atom. The van der Waals surface area contributed by atoms with Crippen LogP contribution in [-0.4, -0.2) is 35.7 Å². The monoisotopic (exact) mass is 433 g/mol. The maximum atomic E-state index is 13.0. The fourth-order valence-electron chi connectivity index (χ4n) is 3.12. The second-order valence-corrected chi connectivity index (χ2v) is 7.03. The Kier molecular flexibility index (Phi) is 6.61. The van der Waals surface area contributed by atoms with Crippen LogP contribution in [0.15, 0.2) is 24.3 Å². The highest BCUT2D eigenvalue weighted by atomic mass is 35.5. The van der Waals surface area contributed by atoms with Crippen LogP contribution in [0.25, 0.3) is 5.65 Å². The number of carbonyl (C=O) groups is 1. The fraction of sp³-hybridized carbons (Fsp3) is 0.400. The van der Waals surface area contributed by atoms with E-state index in [1.165, 1.54) is 29.5 Å². The van der Waals surface area contributed by atoms with Crippen LogP contribution in [0.2, 0.25) is 5.02 Å². The average molecular weight is 434 g/mol. The number of hydrogen-bond acceptors (Lipinski definition) is 6. The van der Waals surface area contributed by atoms with Crippen LogP contribution in [-0.2, 0) is 6.54 Å². The van der Waals surface area contributed by atoms with Crippen molar-refractivity contribution in [2.75, 3.05) is 14.2 Å². The molecule has 3 aromatic rings. The molecule has 1 N–H and O–H groups in total. The first-order chi connectivity index (χ1) is 14.4. The van der Waals surface area contributed by atoms with Crippen molar-refractivity contribution >= 4 is 23.0 Å². The number of hydrogen-bond donors (Lipinski definition) is 1. The molecule has 1 aromatic carbocycles. The van der Waals surface area contributed by atoms with Gasteiger partial charge in [-0.05, 0) is 24.0 Å². The van der Waals surface area contributed by atoms with Crippen LogP contribution in [0.4, 0.5) is 0 Å². The number of carbonyl (C=O) groups excluding carboxylic acids is 1. The summed E-state index contributed by atoms with van der Waals surface area (Å²) in [6, 6.07) is 6.52. The Morgan fingerprint density at radius 2 is 2.00 bits per heavy atom. The van der Waals surface area contributed by atoms with E-state index in [1.807, 2.05) is 13.8 Å². The molecule has 0 fully saturated rings. The number of aromatic nitrogens is 4. The molecule has 9 nitrogen and oxygen atoms in total. The Balaban J connectivity index is 1.94. The number of nitrogens with zero attached hydrogens (tertiary/aromatic N) is 4. The SMILES string of the molecule is CCC(CC)Oc1ccc2n(n1)c(=N)[n-][n+]2CC(=O)c1cc(Cl)cc(OC)c1OC. The van der Waals surface area contributed by atoms with Crippen molar-refractivity contribution in [1.29, 1.82) is 5.41 Å². The van der Waals surface area contributed by atoms with Gasteiger partial charge in [0.1, 0.15) is 6.10 Å². The van der Waals surface area contributed by atoms with Gasteiger partial charge in [0.2, 0.25) is 11.4 Å². The van der Waals surface area contributed by atoms with Gasteiger partial charge in [0, 0.05) is 23.2 Å². The van der Waals surface area contributed by atoms with Crippen molar-refractivity contribution < 1.29 is 23.7 Å². The molecule has 2 aromatic heterocycles. The zero-order valence-electron chi connectivity index (χ0n) is 17.3. The van der Waals surface area contributed by atoms with Crippen molar-refractivity contribution in [3.05, 3.63) is 40.5 Å². The second-order valence-electron chi connectivity index (χ2n) is 6.59. The van der Waals surface area contributed by atoms with E-state index in [1.54, 1.807) is 18.2 Å². The first kappa shape index (κ1) is 21.6. The number of Topliss-reactive ketones (excluding diaryl/α,β-unsaturated/α-hetero) is 1. The minimum atomic E-state index is -0.296. The van der Waals surface area contributed by atoms with Gasteiger partial charge in [0.15, 0.2) is 18.0 Å². The highest BCUT2D eigenvalue weighted by Crippen LogP contribution is 2.34. The van der Waals surface area contributed by atoms with Crippen LogP contribution in [0.1, 0.15) is 37.0 Å². The number of methoxy groups -OCH3 is 2. The zero-order chi connectivity index (χ0) is 21.8. The molecular weight excluding hydrogens is 410 g/mol. The molecule has 0 amide bonds. The zero-order valence-corrected chi connectivity index (χ0v) is 18.1. The lowest BCUT2D eigenvalue weighted by Gasteiger charge is -2.13. The summed E-state index contributed by atoms with van der Waals surface area (Å²) < 4.78 is 19.2. The molecule has 0 atom stereocenters. The van der Waals surface area contributed by atoms with E-state index in [-0.39, 0.29) is 29.6 Å². The summed E-state index contributed by atoms with van der Waals surface area (Å²) in [5, 5.41) is 16.9. The number of ether oxygens (including phenoxy) is 3. The molecule has 0 radical (unpaired) electrons. The molecule has 0 spiro atoms. The molecular formula is C20H24ClN5O4. The maximum absolute atomic E-state index is 13.0. The summed E-state index contributed by atoms with van der Waals surface area (Å²) in [5.41, 5.74) is 0.644. The molecule has 0 aliphatic rings. The van der Waals surface area contributed by atoms with Gasteiger partial charge in [-0.25, -0.2) is 0 Å². The van der Waals surface area contributed by atoms with E-state index in [2.05, 4.69) is 10.2 Å². The van der Waals surface area contributed by atoms with Gasteiger partial charge in [-0.2, -0.15) is 9.78 Å². The number of ketones is 1. The quantitative estimate of drug-likeness (QED) is 0.409. The summed E-state index contributed by atoms with van der Waals surface area (Å²) in [6.45, 7) is 3.95. The third-order valence-electron chi connectivity index (χ3n) is 4.71. The van der Waals surface area contributed by atoms with Gasteiger partial charge in [-0.1, -0.05) is 30.0 Å². The minimum Gasteiger partial charge on any atom is -0.493 e. The predicted octanol–water partition coefficient (Wildman–Crippen LogP) is 2.18. The molecule has 30 heavy (non-hydrogen) atoms. The van der Waals surface area contributed by atoms with Crippen LogP contribution < -0.4 is 29.6 Å². The van der Waals surface area contributed by atoms with Crippen LogP contribution >= 0.6 is 11.6 Å². The van der Waals surface area contributed by atoms with E-state index in [9.17, 15) is 4.79 Å². The normalized spacial score (nSPS) is 11.1. The molecule has 3 rings (SSSR count). The third-order valence-corrected chi connectivity index (χ3v) is 4.92. The highest BCUT2D eigenvalue weighted by Gasteiger charge is 2.23. The summed E-state index contributed by atoms with van der Waals surface area (Å²) in [6.07, 6.45) is 1.76. The van der Waals surface area contributed by atoms with Crippen LogP contribution in [0.5, 0.6) is 17.4 Å². The lowest BCUT2D eigenvalue weighted by molar-refractivity contribution is -0.721. The standard InChI is InChI=1S/C20H24ClN5O4/c1-5-13(6-2)30-17-7-8-18-25(24-20(22)26(18)23-17)11-15(27)14-9-12(21)10-16(28-3)19(14)29-4/h7-10,13,22H,5-6,11H2,1-4H3. The first-order valence-electron chi connectivity index (χ1n) is 9.54. The second kappa shape index (κ2) is 9.17. The molecule has 0 aliphatic heterocycles. The van der Waals surface area contributed by atoms with Crippen LogP contribution in [0.3, 0.4) is 0 Å². The molecule has 0 saturated heterocycles. The lowest BCUT2D eigenvalue weighted by Crippen LogP contribution is -2.43. The summed E-state index contributed by atoms with van der Waals surface area (Å²) in [7, 11) is 2.92. The lowest BCUT2D eigenvalue weighted by atomic mass is 10.1. The van der Waals surface area contributed by atoms with E-state index in [0.29, 0.717) is 28.0 Å². The molecule has 160 valence electrons. The minimum absolute atomic E-state index is 0.0478. The van der Waals surface area contributed by atoms with Crippen molar-refractivity contribution in [3.8, 4) is 17.4 Å². The van der Waals surface area contributed by atoms with Gasteiger partial charge >= 0.3 is 5.65 Å². The molecule has 0 unspecified atom stereocenters. The van der Waals surface area contributed by atoms with Crippen molar-refractivity contribution in [2.24, 2.45) is 0 Å². The topological polar surface area (TPSA) is 104 Å². The van der Waals surface area contributed by atoms with Crippen molar-refractivity contribution in [2.45, 2.75) is 39.3 Å². The van der Waals surface area contributed by atoms with Gasteiger partial charge in [-0.3, -0.25) is 4.79 Å². The third kappa shape index (κ3) is 4.25. The van der Waals surface area contributed by atoms with E-state index < -0.39 is 0 Å². The molecule has 0 bridgehead atoms. The fourth-order valence-corrected chi connectivity index (χ4v) is 3.33. The largest absolute Gasteiger partial charge is 0.493 e. The first-order valence-corrected chi connectivity index (χ1v) is 9.92. The number of nitrogens with one attached hydrogen (secondary N) is 1. The highest BCUT2D eigenvalue weighted by molar-refractivity contribution is 6.31. The summed E-state index contributed by atoms with van der Waals surface area (Å²) in [4.78, 5) is 13.0. The van der Waals surface area contributed by atoms with E-state index >= 15 is 0 Å². The number of fused-ring (bicyclic) bond motifs is 1. The molecule has 0 aliphatic carbocycles. The van der Waals surface area contributed by atoms with E-state index in [4.69, 9.17) is 31.2 Å². The van der Waals surface area contributed by atoms with Gasteiger partial charge in [0.05, 0.1) is 19.8 Å². The predicted molar refractivity (Wildman–Crippen MR) is 108 cm³/mol.